The van der Waals surface area contributed by atoms with Gasteiger partial charge in [-0.3, -0.25) is 0 Å². The van der Waals surface area contributed by atoms with Crippen molar-refractivity contribution in [1.82, 2.24) is 10.2 Å². The second kappa shape index (κ2) is 6.13. The van der Waals surface area contributed by atoms with E-state index in [2.05, 4.69) is 33.2 Å². The second-order valence-electron chi connectivity index (χ2n) is 5.21. The van der Waals surface area contributed by atoms with E-state index in [0.29, 0.717) is 5.92 Å². The van der Waals surface area contributed by atoms with Crippen LogP contribution in [0.4, 0.5) is 4.39 Å². The largest absolute Gasteiger partial charge is 0.310 e. The van der Waals surface area contributed by atoms with Crippen LogP contribution in [0.5, 0.6) is 0 Å². The first-order valence-electron chi connectivity index (χ1n) is 6.43. The molecule has 18 heavy (non-hydrogen) atoms. The molecule has 1 aromatic carbocycles. The highest BCUT2D eigenvalue weighted by molar-refractivity contribution is 9.10. The second-order valence-corrected chi connectivity index (χ2v) is 6.13. The van der Waals surface area contributed by atoms with Crippen LogP contribution in [-0.2, 0) is 0 Å². The Kier molecular flexibility index (Phi) is 4.76. The number of hydrogen-bond donors (Lipinski definition) is 1. The minimum absolute atomic E-state index is 0.0495. The van der Waals surface area contributed by atoms with Crippen molar-refractivity contribution in [2.45, 2.75) is 19.4 Å². The van der Waals surface area contributed by atoms with Gasteiger partial charge >= 0.3 is 0 Å². The molecule has 0 amide bonds. The molecule has 0 spiro atoms. The van der Waals surface area contributed by atoms with Crippen LogP contribution in [0.2, 0.25) is 0 Å². The maximum atomic E-state index is 13.7. The lowest BCUT2D eigenvalue weighted by atomic mass is 10.1. The summed E-state index contributed by atoms with van der Waals surface area (Å²) in [6.07, 6.45) is 1.23. The van der Waals surface area contributed by atoms with E-state index in [1.165, 1.54) is 19.0 Å². The van der Waals surface area contributed by atoms with E-state index in [4.69, 9.17) is 0 Å². The Morgan fingerprint density at radius 1 is 1.56 bits per heavy atom. The minimum Gasteiger partial charge on any atom is -0.310 e. The molecule has 0 aliphatic carbocycles. The van der Waals surface area contributed by atoms with Crippen LogP contribution in [0.3, 0.4) is 0 Å². The number of nitrogens with one attached hydrogen (secondary N) is 1. The van der Waals surface area contributed by atoms with E-state index >= 15 is 0 Å². The fourth-order valence-electron chi connectivity index (χ4n) is 2.49. The van der Waals surface area contributed by atoms with Crippen molar-refractivity contribution in [2.75, 3.05) is 26.7 Å². The van der Waals surface area contributed by atoms with Gasteiger partial charge in [-0.15, -0.1) is 0 Å². The van der Waals surface area contributed by atoms with Gasteiger partial charge in [-0.25, -0.2) is 4.39 Å². The van der Waals surface area contributed by atoms with Crippen LogP contribution < -0.4 is 5.32 Å². The van der Waals surface area contributed by atoms with Crippen molar-refractivity contribution in [3.8, 4) is 0 Å². The highest BCUT2D eigenvalue weighted by Gasteiger charge is 2.20. The van der Waals surface area contributed by atoms with Gasteiger partial charge in [0.15, 0.2) is 0 Å². The molecule has 0 saturated carbocycles. The molecule has 2 atom stereocenters. The van der Waals surface area contributed by atoms with Gasteiger partial charge in [0.25, 0.3) is 0 Å². The van der Waals surface area contributed by atoms with Gasteiger partial charge in [-0.2, -0.15) is 0 Å². The first-order valence-corrected chi connectivity index (χ1v) is 7.22. The fraction of sp³-hybridized carbons (Fsp3) is 0.571. The van der Waals surface area contributed by atoms with Crippen LogP contribution in [0.25, 0.3) is 0 Å². The summed E-state index contributed by atoms with van der Waals surface area (Å²) in [5.41, 5.74) is 0.732. The molecule has 1 saturated heterocycles. The summed E-state index contributed by atoms with van der Waals surface area (Å²) >= 11 is 3.39. The maximum Gasteiger partial charge on any atom is 0.128 e. The molecule has 1 fully saturated rings. The predicted octanol–water partition coefficient (Wildman–Crippen LogP) is 3.19. The molecule has 1 heterocycles. The van der Waals surface area contributed by atoms with Gasteiger partial charge in [0.2, 0.25) is 0 Å². The number of rotatable bonds is 4. The van der Waals surface area contributed by atoms with Gasteiger partial charge in [0.1, 0.15) is 5.82 Å². The molecule has 1 aliphatic heterocycles. The molecule has 1 aliphatic rings. The van der Waals surface area contributed by atoms with E-state index in [1.807, 2.05) is 13.0 Å². The Hall–Kier alpha value is -0.450. The summed E-state index contributed by atoms with van der Waals surface area (Å²) in [5.74, 6) is 0.550. The van der Waals surface area contributed by atoms with Crippen LogP contribution in [0, 0.1) is 11.7 Å². The minimum atomic E-state index is -0.137. The molecule has 1 aromatic rings. The monoisotopic (exact) mass is 314 g/mol. The van der Waals surface area contributed by atoms with Crippen molar-refractivity contribution >= 4 is 15.9 Å². The summed E-state index contributed by atoms with van der Waals surface area (Å²) in [6.45, 7) is 5.29. The molecule has 2 rings (SSSR count). The third kappa shape index (κ3) is 3.53. The standard InChI is InChI=1S/C14H20BrFN2/c1-10(13-7-12(15)3-4-14(13)16)17-8-11-5-6-18(2)9-11/h3-4,7,10-11,17H,5-6,8-9H2,1-2H3. The molecule has 0 bridgehead atoms. The van der Waals surface area contributed by atoms with Gasteiger partial charge in [0, 0.05) is 22.6 Å². The van der Waals surface area contributed by atoms with Crippen molar-refractivity contribution in [3.63, 3.8) is 0 Å². The predicted molar refractivity (Wildman–Crippen MR) is 76.1 cm³/mol. The van der Waals surface area contributed by atoms with Gasteiger partial charge < -0.3 is 10.2 Å². The van der Waals surface area contributed by atoms with E-state index in [0.717, 1.165) is 23.1 Å². The molecule has 2 nitrogen and oxygen atoms in total. The van der Waals surface area contributed by atoms with Crippen molar-refractivity contribution in [1.29, 1.82) is 0 Å². The van der Waals surface area contributed by atoms with Crippen molar-refractivity contribution < 1.29 is 4.39 Å². The third-order valence-corrected chi connectivity index (χ3v) is 4.12. The van der Waals surface area contributed by atoms with Crippen molar-refractivity contribution in [2.24, 2.45) is 5.92 Å². The summed E-state index contributed by atoms with van der Waals surface area (Å²) in [7, 11) is 2.15. The number of benzene rings is 1. The number of halogens is 2. The molecular weight excluding hydrogens is 295 g/mol. The molecular formula is C14H20BrFN2. The number of likely N-dealkylation sites (tertiary alicyclic amines) is 1. The zero-order valence-electron chi connectivity index (χ0n) is 10.9. The Balaban J connectivity index is 1.91. The molecule has 0 radical (unpaired) electrons. The average molecular weight is 315 g/mol. The van der Waals surface area contributed by atoms with E-state index in [-0.39, 0.29) is 11.9 Å². The Morgan fingerprint density at radius 3 is 3.00 bits per heavy atom. The Labute approximate surface area is 117 Å². The van der Waals surface area contributed by atoms with Crippen molar-refractivity contribution in [3.05, 3.63) is 34.1 Å². The van der Waals surface area contributed by atoms with E-state index in [1.54, 1.807) is 6.07 Å². The normalized spacial score (nSPS) is 22.3. The summed E-state index contributed by atoms with van der Waals surface area (Å²) in [4.78, 5) is 2.34. The molecule has 0 aromatic heterocycles. The molecule has 1 N–H and O–H groups in total. The van der Waals surface area contributed by atoms with Crippen LogP contribution >= 0.6 is 15.9 Å². The first kappa shape index (κ1) is 14.0. The third-order valence-electron chi connectivity index (χ3n) is 3.63. The lowest BCUT2D eigenvalue weighted by molar-refractivity contribution is 0.380. The SMILES string of the molecule is CC(NCC1CCN(C)C1)c1cc(Br)ccc1F. The lowest BCUT2D eigenvalue weighted by Crippen LogP contribution is -2.27. The Bertz CT molecular complexity index is 411. The summed E-state index contributed by atoms with van der Waals surface area (Å²) < 4.78 is 14.6. The lowest BCUT2D eigenvalue weighted by Gasteiger charge is -2.18. The maximum absolute atomic E-state index is 13.7. The average Bonchev–Trinajstić information content (AvgIpc) is 2.75. The Morgan fingerprint density at radius 2 is 2.33 bits per heavy atom. The zero-order valence-corrected chi connectivity index (χ0v) is 12.5. The van der Waals surface area contributed by atoms with Crippen LogP contribution in [0.1, 0.15) is 24.9 Å². The first-order chi connectivity index (χ1) is 8.56. The molecule has 2 unspecified atom stereocenters. The highest BCUT2D eigenvalue weighted by atomic mass is 79.9. The number of nitrogens with zero attached hydrogens (tertiary/aromatic N) is 1. The molecule has 100 valence electrons. The fourth-order valence-corrected chi connectivity index (χ4v) is 2.87. The van der Waals surface area contributed by atoms with E-state index < -0.39 is 0 Å². The van der Waals surface area contributed by atoms with Crippen LogP contribution in [-0.4, -0.2) is 31.6 Å². The van der Waals surface area contributed by atoms with Crippen LogP contribution in [0.15, 0.2) is 22.7 Å². The number of hydrogen-bond acceptors (Lipinski definition) is 2. The molecule has 4 heteroatoms. The van der Waals surface area contributed by atoms with Gasteiger partial charge in [0.05, 0.1) is 0 Å². The summed E-state index contributed by atoms with van der Waals surface area (Å²) in [6, 6.07) is 5.15. The zero-order chi connectivity index (χ0) is 13.1. The quantitative estimate of drug-likeness (QED) is 0.918. The van der Waals surface area contributed by atoms with E-state index in [9.17, 15) is 4.39 Å². The van der Waals surface area contributed by atoms with Gasteiger partial charge in [-0.05, 0) is 57.6 Å². The summed E-state index contributed by atoms with van der Waals surface area (Å²) in [5, 5.41) is 3.44. The van der Waals surface area contributed by atoms with Gasteiger partial charge in [-0.1, -0.05) is 15.9 Å². The highest BCUT2D eigenvalue weighted by Crippen LogP contribution is 2.22. The smallest absolute Gasteiger partial charge is 0.128 e. The topological polar surface area (TPSA) is 15.3 Å².